The molecule has 0 bridgehead atoms. The summed E-state index contributed by atoms with van der Waals surface area (Å²) in [5.41, 5.74) is 6.21. The van der Waals surface area contributed by atoms with Gasteiger partial charge in [-0.2, -0.15) is 0 Å². The van der Waals surface area contributed by atoms with Crippen molar-refractivity contribution in [2.24, 2.45) is 11.7 Å². The normalized spacial score (nSPS) is 15.1. The van der Waals surface area contributed by atoms with E-state index in [2.05, 4.69) is 15.3 Å². The van der Waals surface area contributed by atoms with Crippen molar-refractivity contribution in [3.05, 3.63) is 51.5 Å². The predicted molar refractivity (Wildman–Crippen MR) is 102 cm³/mol. The highest BCUT2D eigenvalue weighted by Gasteiger charge is 2.29. The average Bonchev–Trinajstić information content (AvgIpc) is 3.12. The van der Waals surface area contributed by atoms with Crippen molar-refractivity contribution < 1.29 is 9.59 Å². The first kappa shape index (κ1) is 18.2. The molecular weight excluding hydrogens is 384 g/mol. The van der Waals surface area contributed by atoms with Crippen LogP contribution < -0.4 is 11.3 Å². The van der Waals surface area contributed by atoms with Gasteiger partial charge in [0, 0.05) is 24.0 Å². The molecule has 28 heavy (non-hydrogen) atoms. The third-order valence-electron chi connectivity index (χ3n) is 4.95. The minimum atomic E-state index is -0.465. The van der Waals surface area contributed by atoms with E-state index >= 15 is 0 Å². The maximum Gasteiger partial charge on any atom is 0.276 e. The SMILES string of the molecule is NC(=O)C1CCN(C(=O)c2nnn3cc(-c4ccc(Cl)cc4)[nH]c(=O)c23)CC1. The van der Waals surface area contributed by atoms with Crippen LogP contribution >= 0.6 is 11.6 Å². The first-order valence-corrected chi connectivity index (χ1v) is 9.14. The lowest BCUT2D eigenvalue weighted by Gasteiger charge is -2.29. The van der Waals surface area contributed by atoms with E-state index in [4.69, 9.17) is 17.3 Å². The second kappa shape index (κ2) is 7.08. The number of H-pyrrole nitrogens is 1. The van der Waals surface area contributed by atoms with Gasteiger partial charge in [-0.25, -0.2) is 4.52 Å². The summed E-state index contributed by atoms with van der Waals surface area (Å²) >= 11 is 5.90. The van der Waals surface area contributed by atoms with Crippen LogP contribution in [-0.2, 0) is 4.79 Å². The van der Waals surface area contributed by atoms with Gasteiger partial charge in [-0.3, -0.25) is 14.4 Å². The van der Waals surface area contributed by atoms with Gasteiger partial charge < -0.3 is 15.6 Å². The zero-order chi connectivity index (χ0) is 19.8. The lowest BCUT2D eigenvalue weighted by atomic mass is 9.96. The van der Waals surface area contributed by atoms with Crippen LogP contribution in [0.25, 0.3) is 16.8 Å². The van der Waals surface area contributed by atoms with Crippen LogP contribution in [0.1, 0.15) is 23.3 Å². The fraction of sp³-hybridized carbons (Fsp3) is 0.278. The summed E-state index contributed by atoms with van der Waals surface area (Å²) in [5, 5.41) is 8.45. The third kappa shape index (κ3) is 3.24. The van der Waals surface area contributed by atoms with E-state index in [0.717, 1.165) is 5.56 Å². The minimum Gasteiger partial charge on any atom is -0.369 e. The Hall–Kier alpha value is -3.20. The second-order valence-corrected chi connectivity index (χ2v) is 7.14. The number of likely N-dealkylation sites (tertiary alicyclic amines) is 1. The molecule has 3 heterocycles. The van der Waals surface area contributed by atoms with Gasteiger partial charge in [-0.15, -0.1) is 5.10 Å². The number of rotatable bonds is 3. The van der Waals surface area contributed by atoms with Crippen LogP contribution in [0.15, 0.2) is 35.3 Å². The summed E-state index contributed by atoms with van der Waals surface area (Å²) in [5.74, 6) is -0.971. The van der Waals surface area contributed by atoms with E-state index < -0.39 is 5.56 Å². The quantitative estimate of drug-likeness (QED) is 0.680. The zero-order valence-electron chi connectivity index (χ0n) is 14.8. The van der Waals surface area contributed by atoms with Gasteiger partial charge in [-0.1, -0.05) is 28.9 Å². The third-order valence-corrected chi connectivity index (χ3v) is 5.20. The first-order valence-electron chi connectivity index (χ1n) is 8.77. The van der Waals surface area contributed by atoms with Crippen molar-refractivity contribution in [3.63, 3.8) is 0 Å². The summed E-state index contributed by atoms with van der Waals surface area (Å²) in [7, 11) is 0. The Morgan fingerprint density at radius 2 is 1.86 bits per heavy atom. The smallest absolute Gasteiger partial charge is 0.276 e. The van der Waals surface area contributed by atoms with Crippen LogP contribution in [0.4, 0.5) is 0 Å². The lowest BCUT2D eigenvalue weighted by molar-refractivity contribution is -0.123. The van der Waals surface area contributed by atoms with E-state index in [-0.39, 0.29) is 28.9 Å². The monoisotopic (exact) mass is 400 g/mol. The molecule has 0 saturated carbocycles. The first-order chi connectivity index (χ1) is 13.4. The molecule has 0 atom stereocenters. The number of halogens is 1. The summed E-state index contributed by atoms with van der Waals surface area (Å²) in [6.45, 7) is 0.762. The fourth-order valence-corrected chi connectivity index (χ4v) is 3.49. The highest BCUT2D eigenvalue weighted by atomic mass is 35.5. The van der Waals surface area contributed by atoms with Crippen molar-refractivity contribution in [3.8, 4) is 11.3 Å². The number of amides is 2. The number of aromatic amines is 1. The number of piperidine rings is 1. The molecule has 0 spiro atoms. The highest BCUT2D eigenvalue weighted by molar-refractivity contribution is 6.30. The van der Waals surface area contributed by atoms with E-state index in [0.29, 0.717) is 36.6 Å². The van der Waals surface area contributed by atoms with E-state index in [1.54, 1.807) is 35.4 Å². The molecule has 3 N–H and O–H groups in total. The van der Waals surface area contributed by atoms with Crippen LogP contribution in [0.2, 0.25) is 5.02 Å². The number of primary amides is 1. The van der Waals surface area contributed by atoms with Crippen molar-refractivity contribution in [2.45, 2.75) is 12.8 Å². The van der Waals surface area contributed by atoms with Crippen LogP contribution in [-0.4, -0.2) is 49.6 Å². The molecule has 1 saturated heterocycles. The minimum absolute atomic E-state index is 0.0126. The number of nitrogens with two attached hydrogens (primary N) is 1. The van der Waals surface area contributed by atoms with Crippen molar-refractivity contribution in [1.82, 2.24) is 24.7 Å². The summed E-state index contributed by atoms with van der Waals surface area (Å²) in [6, 6.07) is 6.97. The summed E-state index contributed by atoms with van der Waals surface area (Å²) in [4.78, 5) is 41.1. The Morgan fingerprint density at radius 1 is 1.18 bits per heavy atom. The molecule has 1 aromatic carbocycles. The van der Waals surface area contributed by atoms with E-state index in [1.807, 2.05) is 0 Å². The molecule has 1 aliphatic rings. The number of benzene rings is 1. The largest absolute Gasteiger partial charge is 0.369 e. The average molecular weight is 401 g/mol. The molecule has 9 nitrogen and oxygen atoms in total. The summed E-state index contributed by atoms with van der Waals surface area (Å²) in [6.07, 6.45) is 2.60. The van der Waals surface area contributed by atoms with Gasteiger partial charge in [0.1, 0.15) is 0 Å². The molecule has 4 rings (SSSR count). The van der Waals surface area contributed by atoms with Crippen LogP contribution in [0.3, 0.4) is 0 Å². The maximum absolute atomic E-state index is 12.8. The molecule has 2 amide bonds. The van der Waals surface area contributed by atoms with E-state index in [9.17, 15) is 14.4 Å². The van der Waals surface area contributed by atoms with Gasteiger partial charge in [0.25, 0.3) is 11.5 Å². The van der Waals surface area contributed by atoms with Crippen molar-refractivity contribution in [1.29, 1.82) is 0 Å². The number of hydrogen-bond acceptors (Lipinski definition) is 5. The molecular formula is C18H17ClN6O3. The number of carbonyl (C=O) groups is 2. The topological polar surface area (TPSA) is 126 Å². The van der Waals surface area contributed by atoms with Gasteiger partial charge in [-0.05, 0) is 30.5 Å². The van der Waals surface area contributed by atoms with Gasteiger partial charge in [0.15, 0.2) is 11.2 Å². The number of nitrogens with one attached hydrogen (secondary N) is 1. The number of aromatic nitrogens is 4. The predicted octanol–water partition coefficient (Wildman–Crippen LogP) is 1.08. The highest BCUT2D eigenvalue weighted by Crippen LogP contribution is 2.21. The molecule has 10 heteroatoms. The van der Waals surface area contributed by atoms with Gasteiger partial charge >= 0.3 is 0 Å². The number of carbonyl (C=O) groups excluding carboxylic acids is 2. The molecule has 1 aliphatic heterocycles. The molecule has 144 valence electrons. The molecule has 2 aromatic heterocycles. The molecule has 1 fully saturated rings. The van der Waals surface area contributed by atoms with Crippen molar-refractivity contribution >= 4 is 28.9 Å². The van der Waals surface area contributed by atoms with Crippen LogP contribution in [0, 0.1) is 5.92 Å². The lowest BCUT2D eigenvalue weighted by Crippen LogP contribution is -2.42. The van der Waals surface area contributed by atoms with Crippen LogP contribution in [0.5, 0.6) is 0 Å². The molecule has 0 radical (unpaired) electrons. The maximum atomic E-state index is 12.8. The van der Waals surface area contributed by atoms with Crippen molar-refractivity contribution in [2.75, 3.05) is 13.1 Å². The fourth-order valence-electron chi connectivity index (χ4n) is 3.37. The van der Waals surface area contributed by atoms with E-state index in [1.165, 1.54) is 4.52 Å². The standard InChI is InChI=1S/C18H17ClN6O3/c19-12-3-1-10(2-4-12)13-9-25-15(17(27)21-13)14(22-23-25)18(28)24-7-5-11(6-8-24)16(20)26/h1-4,9,11H,5-8H2,(H2,20,26)(H,21,27). The molecule has 0 aliphatic carbocycles. The zero-order valence-corrected chi connectivity index (χ0v) is 15.5. The second-order valence-electron chi connectivity index (χ2n) is 6.70. The Balaban J connectivity index is 1.64. The molecule has 3 aromatic rings. The molecule has 0 unspecified atom stereocenters. The van der Waals surface area contributed by atoms with Gasteiger partial charge in [0.2, 0.25) is 5.91 Å². The number of nitrogens with zero attached hydrogens (tertiary/aromatic N) is 4. The Bertz CT molecular complexity index is 1110. The Labute approximate surface area is 164 Å². The Kier molecular flexibility index (Phi) is 4.60. The Morgan fingerprint density at radius 3 is 2.50 bits per heavy atom. The number of hydrogen-bond donors (Lipinski definition) is 2. The van der Waals surface area contributed by atoms with Gasteiger partial charge in [0.05, 0.1) is 11.9 Å². The summed E-state index contributed by atoms with van der Waals surface area (Å²) < 4.78 is 1.30. The number of fused-ring (bicyclic) bond motifs is 1.